The van der Waals surface area contributed by atoms with Gasteiger partial charge < -0.3 is 5.32 Å². The van der Waals surface area contributed by atoms with Crippen LogP contribution < -0.4 is 5.32 Å². The lowest BCUT2D eigenvalue weighted by Gasteiger charge is -2.17. The van der Waals surface area contributed by atoms with Crippen molar-refractivity contribution >= 4 is 37.4 Å². The summed E-state index contributed by atoms with van der Waals surface area (Å²) in [6, 6.07) is 5.83. The summed E-state index contributed by atoms with van der Waals surface area (Å²) in [5.74, 6) is 0.215. The summed E-state index contributed by atoms with van der Waals surface area (Å²) in [5.41, 5.74) is 1.06. The Hall–Kier alpha value is -0.100. The third-order valence-corrected chi connectivity index (χ3v) is 4.35. The van der Waals surface area contributed by atoms with Gasteiger partial charge in [-0.3, -0.25) is 0 Å². The monoisotopic (exact) mass is 353 g/mol. The van der Waals surface area contributed by atoms with Crippen LogP contribution in [0.25, 0.3) is 0 Å². The average Bonchev–Trinajstić information content (AvgIpc) is 2.21. The fourth-order valence-corrected chi connectivity index (χ4v) is 3.38. The molecule has 0 bridgehead atoms. The molecule has 1 atom stereocenters. The Morgan fingerprint density at radius 1 is 1.39 bits per heavy atom. The maximum Gasteiger partial charge on any atom is 0.147 e. The Balaban J connectivity index is 2.71. The average molecular weight is 355 g/mol. The van der Waals surface area contributed by atoms with Gasteiger partial charge in [-0.05, 0) is 43.7 Å². The molecule has 0 aliphatic rings. The molecule has 0 aliphatic carbocycles. The van der Waals surface area contributed by atoms with Gasteiger partial charge in [0, 0.05) is 27.5 Å². The molecule has 1 aromatic carbocycles. The van der Waals surface area contributed by atoms with Gasteiger partial charge in [0.15, 0.2) is 0 Å². The van der Waals surface area contributed by atoms with E-state index < -0.39 is 9.84 Å². The van der Waals surface area contributed by atoms with Gasteiger partial charge >= 0.3 is 0 Å². The van der Waals surface area contributed by atoms with Crippen molar-refractivity contribution in [2.75, 3.05) is 19.1 Å². The fraction of sp³-hybridized carbons (Fsp3) is 0.500. The van der Waals surface area contributed by atoms with Crippen LogP contribution in [0.5, 0.6) is 0 Å². The smallest absolute Gasteiger partial charge is 0.147 e. The SMILES string of the molecule is CNC(CCCS(C)(=O)=O)c1cc(Cl)cc(Br)c1. The second kappa shape index (κ2) is 6.89. The topological polar surface area (TPSA) is 46.2 Å². The molecule has 0 saturated carbocycles. The number of halogens is 2. The molecule has 0 spiro atoms. The van der Waals surface area contributed by atoms with Crippen LogP contribution in [0.3, 0.4) is 0 Å². The highest BCUT2D eigenvalue weighted by atomic mass is 79.9. The van der Waals surface area contributed by atoms with Gasteiger partial charge in [0.2, 0.25) is 0 Å². The second-order valence-corrected chi connectivity index (χ2v) is 7.93. The number of sulfone groups is 1. The van der Waals surface area contributed by atoms with E-state index in [9.17, 15) is 8.42 Å². The molecular weight excluding hydrogens is 338 g/mol. The highest BCUT2D eigenvalue weighted by Crippen LogP contribution is 2.26. The first-order chi connectivity index (χ1) is 8.31. The predicted octanol–water partition coefficient (Wildman–Crippen LogP) is 3.19. The molecule has 1 rings (SSSR count). The van der Waals surface area contributed by atoms with E-state index in [2.05, 4.69) is 21.2 Å². The Morgan fingerprint density at radius 2 is 2.06 bits per heavy atom. The van der Waals surface area contributed by atoms with Gasteiger partial charge in [0.05, 0.1) is 0 Å². The van der Waals surface area contributed by atoms with E-state index in [1.54, 1.807) is 0 Å². The molecular formula is C12H17BrClNO2S. The van der Waals surface area contributed by atoms with Crippen molar-refractivity contribution in [1.29, 1.82) is 0 Å². The van der Waals surface area contributed by atoms with Gasteiger partial charge in [-0.25, -0.2) is 8.42 Å². The highest BCUT2D eigenvalue weighted by Gasteiger charge is 2.12. The highest BCUT2D eigenvalue weighted by molar-refractivity contribution is 9.10. The summed E-state index contributed by atoms with van der Waals surface area (Å²) in [4.78, 5) is 0. The van der Waals surface area contributed by atoms with Crippen molar-refractivity contribution in [2.45, 2.75) is 18.9 Å². The number of hydrogen-bond acceptors (Lipinski definition) is 3. The molecule has 0 aliphatic heterocycles. The largest absolute Gasteiger partial charge is 0.313 e. The molecule has 0 aromatic heterocycles. The van der Waals surface area contributed by atoms with E-state index >= 15 is 0 Å². The van der Waals surface area contributed by atoms with Gasteiger partial charge in [-0.1, -0.05) is 27.5 Å². The first-order valence-electron chi connectivity index (χ1n) is 5.63. The van der Waals surface area contributed by atoms with E-state index in [-0.39, 0.29) is 11.8 Å². The van der Waals surface area contributed by atoms with Gasteiger partial charge in [0.1, 0.15) is 9.84 Å². The zero-order valence-corrected chi connectivity index (χ0v) is 13.6. The number of nitrogens with one attached hydrogen (secondary N) is 1. The predicted molar refractivity (Wildman–Crippen MR) is 79.9 cm³/mol. The minimum Gasteiger partial charge on any atom is -0.313 e. The minimum absolute atomic E-state index is 0.113. The Morgan fingerprint density at radius 3 is 2.56 bits per heavy atom. The van der Waals surface area contributed by atoms with Crippen molar-refractivity contribution in [3.63, 3.8) is 0 Å². The summed E-state index contributed by atoms with van der Waals surface area (Å²) in [6.07, 6.45) is 2.65. The van der Waals surface area contributed by atoms with Crippen molar-refractivity contribution in [2.24, 2.45) is 0 Å². The van der Waals surface area contributed by atoms with Crippen LogP contribution >= 0.6 is 27.5 Å². The lowest BCUT2D eigenvalue weighted by molar-refractivity contribution is 0.536. The normalized spacial score (nSPS) is 13.6. The van der Waals surface area contributed by atoms with E-state index in [0.717, 1.165) is 16.5 Å². The molecule has 0 heterocycles. The van der Waals surface area contributed by atoms with E-state index in [1.807, 2.05) is 25.2 Å². The zero-order valence-electron chi connectivity index (χ0n) is 10.4. The first kappa shape index (κ1) is 16.0. The molecule has 6 heteroatoms. The van der Waals surface area contributed by atoms with Crippen LogP contribution in [-0.2, 0) is 9.84 Å². The number of benzene rings is 1. The quantitative estimate of drug-likeness (QED) is 0.853. The van der Waals surface area contributed by atoms with Crippen LogP contribution in [0, 0.1) is 0 Å². The molecule has 0 fully saturated rings. The van der Waals surface area contributed by atoms with Gasteiger partial charge in [0.25, 0.3) is 0 Å². The number of hydrogen-bond donors (Lipinski definition) is 1. The minimum atomic E-state index is -2.89. The molecule has 102 valence electrons. The molecule has 18 heavy (non-hydrogen) atoms. The van der Waals surface area contributed by atoms with E-state index in [1.165, 1.54) is 6.26 Å². The van der Waals surface area contributed by atoms with E-state index in [0.29, 0.717) is 11.4 Å². The third-order valence-electron chi connectivity index (χ3n) is 2.64. The fourth-order valence-electron chi connectivity index (χ4n) is 1.80. The zero-order chi connectivity index (χ0) is 13.8. The molecule has 1 aromatic rings. The van der Waals surface area contributed by atoms with Crippen LogP contribution in [0.1, 0.15) is 24.4 Å². The maximum atomic E-state index is 11.1. The van der Waals surface area contributed by atoms with Gasteiger partial charge in [-0.2, -0.15) is 0 Å². The summed E-state index contributed by atoms with van der Waals surface area (Å²) in [6.45, 7) is 0. The number of rotatable bonds is 6. The summed E-state index contributed by atoms with van der Waals surface area (Å²) in [7, 11) is -1.03. The van der Waals surface area contributed by atoms with Crippen LogP contribution in [-0.4, -0.2) is 27.5 Å². The lowest BCUT2D eigenvalue weighted by atomic mass is 10.0. The van der Waals surface area contributed by atoms with Crippen LogP contribution in [0.2, 0.25) is 5.02 Å². The van der Waals surface area contributed by atoms with Crippen molar-refractivity contribution in [3.8, 4) is 0 Å². The molecule has 0 radical (unpaired) electrons. The Bertz CT molecular complexity index is 485. The molecule has 1 unspecified atom stereocenters. The van der Waals surface area contributed by atoms with Crippen LogP contribution in [0.4, 0.5) is 0 Å². The summed E-state index contributed by atoms with van der Waals surface area (Å²) < 4.78 is 23.1. The molecule has 3 nitrogen and oxygen atoms in total. The summed E-state index contributed by atoms with van der Waals surface area (Å²) >= 11 is 9.41. The molecule has 0 amide bonds. The van der Waals surface area contributed by atoms with Crippen molar-refractivity contribution in [1.82, 2.24) is 5.32 Å². The Kier molecular flexibility index (Phi) is 6.11. The van der Waals surface area contributed by atoms with Gasteiger partial charge in [-0.15, -0.1) is 0 Å². The van der Waals surface area contributed by atoms with Crippen LogP contribution in [0.15, 0.2) is 22.7 Å². The molecule has 0 saturated heterocycles. The molecule has 1 N–H and O–H groups in total. The standard InChI is InChI=1S/C12H17BrClNO2S/c1-15-12(4-3-5-18(2,16)17)9-6-10(13)8-11(14)7-9/h6-8,12,15H,3-5H2,1-2H3. The third kappa shape index (κ3) is 5.69. The lowest BCUT2D eigenvalue weighted by Crippen LogP contribution is -2.17. The van der Waals surface area contributed by atoms with E-state index in [4.69, 9.17) is 11.6 Å². The Labute approximate surface area is 122 Å². The summed E-state index contributed by atoms with van der Waals surface area (Å²) in [5, 5.41) is 3.85. The maximum absolute atomic E-state index is 11.1. The van der Waals surface area contributed by atoms with Crippen molar-refractivity contribution < 1.29 is 8.42 Å². The second-order valence-electron chi connectivity index (χ2n) is 4.32. The first-order valence-corrected chi connectivity index (χ1v) is 8.86. The van der Waals surface area contributed by atoms with Crippen molar-refractivity contribution in [3.05, 3.63) is 33.3 Å².